The van der Waals surface area contributed by atoms with E-state index in [-0.39, 0.29) is 12.5 Å². The van der Waals surface area contributed by atoms with Gasteiger partial charge in [0.15, 0.2) is 5.82 Å². The number of piperazine rings is 1. The molecule has 2 aromatic heterocycles. The van der Waals surface area contributed by atoms with E-state index in [9.17, 15) is 4.79 Å². The fourth-order valence-electron chi connectivity index (χ4n) is 1.95. The van der Waals surface area contributed by atoms with Crippen LogP contribution in [0.5, 0.6) is 0 Å². The van der Waals surface area contributed by atoms with Crippen molar-refractivity contribution in [3.63, 3.8) is 0 Å². The van der Waals surface area contributed by atoms with E-state index in [1.54, 1.807) is 12.1 Å². The lowest BCUT2D eigenvalue weighted by atomic mass is 10.3. The molecule has 0 unspecified atom stereocenters. The molecule has 0 atom stereocenters. The van der Waals surface area contributed by atoms with Crippen LogP contribution >= 0.6 is 11.6 Å². The fourth-order valence-corrected chi connectivity index (χ4v) is 2.10. The van der Waals surface area contributed by atoms with E-state index in [1.165, 1.54) is 6.33 Å². The number of rotatable bonds is 1. The molecule has 1 amide bonds. The van der Waals surface area contributed by atoms with E-state index >= 15 is 0 Å². The summed E-state index contributed by atoms with van der Waals surface area (Å²) in [6, 6.07) is 3.48. The van der Waals surface area contributed by atoms with E-state index in [0.717, 1.165) is 5.52 Å². The van der Waals surface area contributed by atoms with Gasteiger partial charge in [-0.2, -0.15) is 0 Å². The zero-order valence-electron chi connectivity index (χ0n) is 9.43. The molecule has 3 rings (SSSR count). The Bertz CT molecular complexity index is 617. The van der Waals surface area contributed by atoms with Crippen molar-refractivity contribution in [3.05, 3.63) is 23.6 Å². The minimum absolute atomic E-state index is 0.0185. The number of amides is 1. The SMILES string of the molecule is O=C1CN(c2ncnc3ccc(Cl)nc23)CCN1. The maximum Gasteiger partial charge on any atom is 0.239 e. The summed E-state index contributed by atoms with van der Waals surface area (Å²) in [6.07, 6.45) is 1.47. The van der Waals surface area contributed by atoms with Gasteiger partial charge in [0, 0.05) is 13.1 Å². The van der Waals surface area contributed by atoms with Gasteiger partial charge in [0.25, 0.3) is 0 Å². The van der Waals surface area contributed by atoms with Crippen molar-refractivity contribution < 1.29 is 4.79 Å². The van der Waals surface area contributed by atoms with Gasteiger partial charge in [0.05, 0.1) is 12.1 Å². The summed E-state index contributed by atoms with van der Waals surface area (Å²) in [4.78, 5) is 25.9. The lowest BCUT2D eigenvalue weighted by Crippen LogP contribution is -2.48. The monoisotopic (exact) mass is 263 g/mol. The number of anilines is 1. The molecule has 0 bridgehead atoms. The molecule has 0 saturated carbocycles. The van der Waals surface area contributed by atoms with E-state index in [4.69, 9.17) is 11.6 Å². The van der Waals surface area contributed by atoms with E-state index in [1.807, 2.05) is 4.90 Å². The van der Waals surface area contributed by atoms with E-state index < -0.39 is 0 Å². The Balaban J connectivity index is 2.10. The number of carbonyl (C=O) groups is 1. The van der Waals surface area contributed by atoms with Crippen molar-refractivity contribution in [1.82, 2.24) is 20.3 Å². The second-order valence-corrected chi connectivity index (χ2v) is 4.36. The zero-order chi connectivity index (χ0) is 12.5. The summed E-state index contributed by atoms with van der Waals surface area (Å²) in [6.45, 7) is 1.58. The number of carbonyl (C=O) groups excluding carboxylic acids is 1. The van der Waals surface area contributed by atoms with Crippen LogP contribution < -0.4 is 10.2 Å². The molecular formula is C11H10ClN5O. The molecule has 1 fully saturated rings. The van der Waals surface area contributed by atoms with Crippen LogP contribution in [0.3, 0.4) is 0 Å². The topological polar surface area (TPSA) is 71.0 Å². The van der Waals surface area contributed by atoms with Crippen molar-refractivity contribution in [2.45, 2.75) is 0 Å². The molecule has 7 heteroatoms. The number of hydrogen-bond donors (Lipinski definition) is 1. The van der Waals surface area contributed by atoms with Gasteiger partial charge >= 0.3 is 0 Å². The Labute approximate surface area is 108 Å². The first-order chi connectivity index (χ1) is 8.74. The molecule has 1 aliphatic rings. The van der Waals surface area contributed by atoms with Gasteiger partial charge in [-0.25, -0.2) is 15.0 Å². The van der Waals surface area contributed by atoms with Crippen molar-refractivity contribution in [3.8, 4) is 0 Å². The molecule has 92 valence electrons. The summed E-state index contributed by atoms with van der Waals surface area (Å²) in [5.41, 5.74) is 1.34. The first kappa shape index (κ1) is 11.2. The number of halogens is 1. The molecule has 0 aliphatic carbocycles. The Morgan fingerprint density at radius 3 is 3.06 bits per heavy atom. The van der Waals surface area contributed by atoms with Gasteiger partial charge in [-0.3, -0.25) is 4.79 Å². The zero-order valence-corrected chi connectivity index (χ0v) is 10.2. The lowest BCUT2D eigenvalue weighted by molar-refractivity contribution is -0.120. The smallest absolute Gasteiger partial charge is 0.239 e. The Kier molecular flexibility index (Phi) is 2.71. The molecule has 1 aliphatic heterocycles. The molecule has 18 heavy (non-hydrogen) atoms. The molecular weight excluding hydrogens is 254 g/mol. The van der Waals surface area contributed by atoms with Crippen molar-refractivity contribution in [1.29, 1.82) is 0 Å². The third-order valence-electron chi connectivity index (χ3n) is 2.77. The first-order valence-electron chi connectivity index (χ1n) is 5.53. The van der Waals surface area contributed by atoms with Crippen LogP contribution in [0.25, 0.3) is 11.0 Å². The van der Waals surface area contributed by atoms with Crippen LogP contribution in [-0.2, 0) is 4.79 Å². The lowest BCUT2D eigenvalue weighted by Gasteiger charge is -2.27. The van der Waals surface area contributed by atoms with Gasteiger partial charge in [0.2, 0.25) is 5.91 Å². The first-order valence-corrected chi connectivity index (χ1v) is 5.91. The standard InChI is InChI=1S/C11H10ClN5O/c12-8-2-1-7-10(16-8)11(15-6-14-7)17-4-3-13-9(18)5-17/h1-2,6H,3-5H2,(H,13,18). The number of hydrogen-bond acceptors (Lipinski definition) is 5. The number of nitrogens with zero attached hydrogens (tertiary/aromatic N) is 4. The van der Waals surface area contributed by atoms with Crippen LogP contribution in [0.15, 0.2) is 18.5 Å². The molecule has 3 heterocycles. The average molecular weight is 264 g/mol. The third kappa shape index (κ3) is 1.95. The van der Waals surface area contributed by atoms with Gasteiger partial charge in [-0.05, 0) is 12.1 Å². The largest absolute Gasteiger partial charge is 0.353 e. The van der Waals surface area contributed by atoms with Crippen LogP contribution in [0.1, 0.15) is 0 Å². The second kappa shape index (κ2) is 4.38. The summed E-state index contributed by atoms with van der Waals surface area (Å²) >= 11 is 5.89. The maximum absolute atomic E-state index is 11.4. The van der Waals surface area contributed by atoms with Crippen molar-refractivity contribution in [2.24, 2.45) is 0 Å². The Morgan fingerprint density at radius 2 is 2.22 bits per heavy atom. The Hall–Kier alpha value is -1.95. The number of nitrogens with one attached hydrogen (secondary N) is 1. The molecule has 2 aromatic rings. The van der Waals surface area contributed by atoms with Crippen LogP contribution in [0, 0.1) is 0 Å². The molecule has 0 spiro atoms. The molecule has 0 radical (unpaired) electrons. The number of fused-ring (bicyclic) bond motifs is 1. The highest BCUT2D eigenvalue weighted by molar-refractivity contribution is 6.29. The van der Waals surface area contributed by atoms with Crippen LogP contribution in [-0.4, -0.2) is 40.5 Å². The summed E-state index contributed by atoms with van der Waals surface area (Å²) in [5, 5.41) is 3.16. The third-order valence-corrected chi connectivity index (χ3v) is 2.98. The van der Waals surface area contributed by atoms with Crippen LogP contribution in [0.2, 0.25) is 5.15 Å². The minimum atomic E-state index is -0.0185. The normalized spacial score (nSPS) is 15.8. The van der Waals surface area contributed by atoms with Gasteiger partial charge < -0.3 is 10.2 Å². The maximum atomic E-state index is 11.4. The highest BCUT2D eigenvalue weighted by atomic mass is 35.5. The van der Waals surface area contributed by atoms with Gasteiger partial charge in [-0.1, -0.05) is 11.6 Å². The molecule has 1 N–H and O–H groups in total. The predicted octanol–water partition coefficient (Wildman–Crippen LogP) is 0.614. The van der Waals surface area contributed by atoms with Gasteiger partial charge in [0.1, 0.15) is 17.0 Å². The summed E-state index contributed by atoms with van der Waals surface area (Å²) in [5.74, 6) is 0.632. The number of pyridine rings is 1. The van der Waals surface area contributed by atoms with E-state index in [0.29, 0.717) is 29.6 Å². The summed E-state index contributed by atoms with van der Waals surface area (Å²) in [7, 11) is 0. The predicted molar refractivity (Wildman–Crippen MR) is 67.6 cm³/mol. The highest BCUT2D eigenvalue weighted by Gasteiger charge is 2.20. The number of aromatic nitrogens is 3. The molecule has 6 nitrogen and oxygen atoms in total. The van der Waals surface area contributed by atoms with E-state index in [2.05, 4.69) is 20.3 Å². The fraction of sp³-hybridized carbons (Fsp3) is 0.273. The average Bonchev–Trinajstić information content (AvgIpc) is 2.38. The quantitative estimate of drug-likeness (QED) is 0.764. The van der Waals surface area contributed by atoms with Crippen LogP contribution in [0.4, 0.5) is 5.82 Å². The highest BCUT2D eigenvalue weighted by Crippen LogP contribution is 2.22. The van der Waals surface area contributed by atoms with Gasteiger partial charge in [-0.15, -0.1) is 0 Å². The molecule has 0 aromatic carbocycles. The second-order valence-electron chi connectivity index (χ2n) is 3.97. The molecule has 1 saturated heterocycles. The minimum Gasteiger partial charge on any atom is -0.353 e. The van der Waals surface area contributed by atoms with Crippen molar-refractivity contribution in [2.75, 3.05) is 24.5 Å². The summed E-state index contributed by atoms with van der Waals surface area (Å²) < 4.78 is 0. The Morgan fingerprint density at radius 1 is 1.33 bits per heavy atom. The van der Waals surface area contributed by atoms with Crippen molar-refractivity contribution >= 4 is 34.4 Å².